The maximum Gasteiger partial charge on any atom is 0.305 e. The Balaban J connectivity index is 2.94. The average Bonchev–Trinajstić information content (AvgIpc) is 2.51. The number of aromatic nitrogens is 2. The van der Waals surface area contributed by atoms with E-state index in [0.29, 0.717) is 6.42 Å². The Morgan fingerprint density at radius 3 is 2.79 bits per heavy atom. The number of carboxylic acid groups (broad SMARTS) is 1. The molecule has 0 bridgehead atoms. The summed E-state index contributed by atoms with van der Waals surface area (Å²) in [7, 11) is 1.78. The molecule has 1 aromatic heterocycles. The van der Waals surface area contributed by atoms with Crippen LogP contribution in [0, 0.1) is 0 Å². The van der Waals surface area contributed by atoms with Crippen LogP contribution in [0.2, 0.25) is 0 Å². The highest BCUT2D eigenvalue weighted by Gasteiger charge is 2.29. The number of carbonyl (C=O) groups is 1. The smallest absolute Gasteiger partial charge is 0.305 e. The zero-order chi connectivity index (χ0) is 10.8. The molecule has 0 aliphatic heterocycles. The molecule has 5 heteroatoms. The van der Waals surface area contributed by atoms with Gasteiger partial charge in [0.2, 0.25) is 0 Å². The summed E-state index contributed by atoms with van der Waals surface area (Å²) in [6.45, 7) is 1.87. The first-order chi connectivity index (χ1) is 6.48. The van der Waals surface area contributed by atoms with Gasteiger partial charge in [-0.1, -0.05) is 6.92 Å². The molecule has 0 radical (unpaired) electrons. The van der Waals surface area contributed by atoms with Crippen LogP contribution in [0.15, 0.2) is 12.4 Å². The van der Waals surface area contributed by atoms with Gasteiger partial charge in [0.15, 0.2) is 0 Å². The normalized spacial score (nSPS) is 15.1. The van der Waals surface area contributed by atoms with Crippen LogP contribution in [0.3, 0.4) is 0 Å². The van der Waals surface area contributed by atoms with Crippen molar-refractivity contribution in [2.75, 3.05) is 0 Å². The summed E-state index contributed by atoms with van der Waals surface area (Å²) in [6, 6.07) is 0. The first kappa shape index (κ1) is 10.7. The van der Waals surface area contributed by atoms with Crippen LogP contribution >= 0.6 is 0 Å². The highest BCUT2D eigenvalue weighted by atomic mass is 16.4. The third-order valence-corrected chi connectivity index (χ3v) is 2.38. The summed E-state index contributed by atoms with van der Waals surface area (Å²) in [5.41, 5.74) is 5.96. The summed E-state index contributed by atoms with van der Waals surface area (Å²) in [5, 5.41) is 12.7. The van der Waals surface area contributed by atoms with E-state index >= 15 is 0 Å². The number of nitrogens with two attached hydrogens (primary N) is 1. The molecule has 1 rings (SSSR count). The quantitative estimate of drug-likeness (QED) is 0.734. The van der Waals surface area contributed by atoms with Crippen molar-refractivity contribution in [1.82, 2.24) is 9.78 Å². The highest BCUT2D eigenvalue weighted by molar-refractivity contribution is 5.68. The Kier molecular flexibility index (Phi) is 2.90. The second-order valence-electron chi connectivity index (χ2n) is 3.48. The Bertz CT molecular complexity index is 335. The molecule has 5 nitrogen and oxygen atoms in total. The first-order valence-corrected chi connectivity index (χ1v) is 4.48. The Morgan fingerprint density at radius 2 is 2.43 bits per heavy atom. The van der Waals surface area contributed by atoms with Crippen LogP contribution in [-0.4, -0.2) is 20.9 Å². The van der Waals surface area contributed by atoms with Gasteiger partial charge in [-0.15, -0.1) is 0 Å². The number of nitrogens with zero attached hydrogens (tertiary/aromatic N) is 2. The standard InChI is InChI=1S/C9H15N3O2/c1-3-9(10,4-8(13)14)7-5-11-12(2)6-7/h5-6H,3-4,10H2,1-2H3,(H,13,14)/t9-/m0/s1. The van der Waals surface area contributed by atoms with E-state index in [1.54, 1.807) is 24.1 Å². The Labute approximate surface area is 82.5 Å². The minimum Gasteiger partial charge on any atom is -0.481 e. The van der Waals surface area contributed by atoms with Crippen molar-refractivity contribution in [2.24, 2.45) is 12.8 Å². The van der Waals surface area contributed by atoms with Crippen molar-refractivity contribution in [2.45, 2.75) is 25.3 Å². The zero-order valence-corrected chi connectivity index (χ0v) is 8.40. The fraction of sp³-hybridized carbons (Fsp3) is 0.556. The van der Waals surface area contributed by atoms with Crippen LogP contribution < -0.4 is 5.73 Å². The van der Waals surface area contributed by atoms with Gasteiger partial charge in [0.05, 0.1) is 18.2 Å². The van der Waals surface area contributed by atoms with Crippen LogP contribution in [0.4, 0.5) is 0 Å². The predicted octanol–water partition coefficient (Wildman–Crippen LogP) is 0.459. The van der Waals surface area contributed by atoms with Crippen LogP contribution in [0.1, 0.15) is 25.3 Å². The molecule has 0 aromatic carbocycles. The van der Waals surface area contributed by atoms with Crippen molar-refractivity contribution in [3.8, 4) is 0 Å². The molecule has 1 heterocycles. The lowest BCUT2D eigenvalue weighted by Crippen LogP contribution is -2.38. The van der Waals surface area contributed by atoms with E-state index in [1.165, 1.54) is 0 Å². The van der Waals surface area contributed by atoms with Gasteiger partial charge in [0.25, 0.3) is 0 Å². The average molecular weight is 197 g/mol. The second-order valence-corrected chi connectivity index (χ2v) is 3.48. The highest BCUT2D eigenvalue weighted by Crippen LogP contribution is 2.25. The maximum atomic E-state index is 10.6. The van der Waals surface area contributed by atoms with Crippen LogP contribution in [-0.2, 0) is 17.4 Å². The molecule has 0 saturated heterocycles. The van der Waals surface area contributed by atoms with Crippen LogP contribution in [0.5, 0.6) is 0 Å². The van der Waals surface area contributed by atoms with Gasteiger partial charge in [-0.25, -0.2) is 0 Å². The van der Waals surface area contributed by atoms with Gasteiger partial charge in [0, 0.05) is 18.8 Å². The van der Waals surface area contributed by atoms with Gasteiger partial charge >= 0.3 is 5.97 Å². The van der Waals surface area contributed by atoms with Crippen LogP contribution in [0.25, 0.3) is 0 Å². The molecule has 1 aromatic rings. The molecule has 14 heavy (non-hydrogen) atoms. The lowest BCUT2D eigenvalue weighted by molar-refractivity contribution is -0.138. The van der Waals surface area contributed by atoms with Crippen molar-refractivity contribution in [3.63, 3.8) is 0 Å². The number of hydrogen-bond acceptors (Lipinski definition) is 3. The van der Waals surface area contributed by atoms with E-state index in [4.69, 9.17) is 10.8 Å². The molecule has 0 aliphatic rings. The second kappa shape index (κ2) is 3.79. The van der Waals surface area contributed by atoms with E-state index in [1.807, 2.05) is 6.92 Å². The molecule has 78 valence electrons. The maximum absolute atomic E-state index is 10.6. The van der Waals surface area contributed by atoms with Crippen molar-refractivity contribution < 1.29 is 9.90 Å². The topological polar surface area (TPSA) is 81.1 Å². The summed E-state index contributed by atoms with van der Waals surface area (Å²) in [6.07, 6.45) is 3.87. The van der Waals surface area contributed by atoms with Gasteiger partial charge in [-0.05, 0) is 6.42 Å². The number of aryl methyl sites for hydroxylation is 1. The first-order valence-electron chi connectivity index (χ1n) is 4.48. The summed E-state index contributed by atoms with van der Waals surface area (Å²) in [4.78, 5) is 10.6. The Morgan fingerprint density at radius 1 is 1.79 bits per heavy atom. The Hall–Kier alpha value is -1.36. The minimum atomic E-state index is -0.891. The fourth-order valence-corrected chi connectivity index (χ4v) is 1.38. The molecule has 1 atom stereocenters. The fourth-order valence-electron chi connectivity index (χ4n) is 1.38. The summed E-state index contributed by atoms with van der Waals surface area (Å²) in [5.74, 6) is -0.891. The third-order valence-electron chi connectivity index (χ3n) is 2.38. The lowest BCUT2D eigenvalue weighted by atomic mass is 9.87. The van der Waals surface area contributed by atoms with Gasteiger partial charge in [0.1, 0.15) is 0 Å². The largest absolute Gasteiger partial charge is 0.481 e. The summed E-state index contributed by atoms with van der Waals surface area (Å²) >= 11 is 0. The van der Waals surface area contributed by atoms with Crippen molar-refractivity contribution in [1.29, 1.82) is 0 Å². The SMILES string of the molecule is CC[C@](N)(CC(=O)O)c1cnn(C)c1. The lowest BCUT2D eigenvalue weighted by Gasteiger charge is -2.24. The van der Waals surface area contributed by atoms with Gasteiger partial charge in [-0.2, -0.15) is 5.10 Å². The molecular formula is C9H15N3O2. The van der Waals surface area contributed by atoms with Gasteiger partial charge in [-0.3, -0.25) is 9.48 Å². The zero-order valence-electron chi connectivity index (χ0n) is 8.40. The number of carboxylic acids is 1. The summed E-state index contributed by atoms with van der Waals surface area (Å²) < 4.78 is 1.62. The predicted molar refractivity (Wildman–Crippen MR) is 51.6 cm³/mol. The molecule has 3 N–H and O–H groups in total. The molecule has 0 saturated carbocycles. The number of rotatable bonds is 4. The molecule has 0 spiro atoms. The number of aliphatic carboxylic acids is 1. The molecule has 0 unspecified atom stereocenters. The third kappa shape index (κ3) is 2.11. The van der Waals surface area contributed by atoms with E-state index in [0.717, 1.165) is 5.56 Å². The van der Waals surface area contributed by atoms with Gasteiger partial charge < -0.3 is 10.8 Å². The van der Waals surface area contributed by atoms with E-state index in [9.17, 15) is 4.79 Å². The van der Waals surface area contributed by atoms with E-state index in [-0.39, 0.29) is 6.42 Å². The van der Waals surface area contributed by atoms with Crippen molar-refractivity contribution >= 4 is 5.97 Å². The number of hydrogen-bond donors (Lipinski definition) is 2. The van der Waals surface area contributed by atoms with E-state index in [2.05, 4.69) is 5.10 Å². The van der Waals surface area contributed by atoms with Crippen molar-refractivity contribution in [3.05, 3.63) is 18.0 Å². The molecule has 0 fully saturated rings. The molecule has 0 amide bonds. The monoisotopic (exact) mass is 197 g/mol. The minimum absolute atomic E-state index is 0.0742. The molecule has 0 aliphatic carbocycles. The van der Waals surface area contributed by atoms with E-state index < -0.39 is 11.5 Å². The molecular weight excluding hydrogens is 182 g/mol.